The number of likely N-dealkylation sites (N-methyl/N-ethyl adjacent to an activating group) is 1. The number of fused-ring (bicyclic) bond motifs is 1. The lowest BCUT2D eigenvalue weighted by Gasteiger charge is -2.34. The van der Waals surface area contributed by atoms with E-state index in [0.717, 1.165) is 31.4 Å². The summed E-state index contributed by atoms with van der Waals surface area (Å²) in [6.07, 6.45) is 3.39. The Hall–Kier alpha value is -2.77. The van der Waals surface area contributed by atoms with Crippen LogP contribution in [0.3, 0.4) is 0 Å². The van der Waals surface area contributed by atoms with Crippen molar-refractivity contribution in [1.82, 2.24) is 16.0 Å². The number of hydrogen-bond donors (Lipinski definition) is 3. The highest BCUT2D eigenvalue weighted by Crippen LogP contribution is 2.32. The van der Waals surface area contributed by atoms with Crippen molar-refractivity contribution < 1.29 is 19.1 Å². The number of ether oxygens (including phenoxy) is 1. The zero-order chi connectivity index (χ0) is 18.5. The molecule has 0 saturated heterocycles. The van der Waals surface area contributed by atoms with Gasteiger partial charge in [0.15, 0.2) is 6.10 Å². The van der Waals surface area contributed by atoms with Crippen LogP contribution in [0.25, 0.3) is 0 Å². The van der Waals surface area contributed by atoms with Gasteiger partial charge in [-0.15, -0.1) is 0 Å². The fraction of sp³-hybridized carbons (Fsp3) is 0.500. The Kier molecular flexibility index (Phi) is 5.60. The summed E-state index contributed by atoms with van der Waals surface area (Å²) in [6.45, 7) is 0.195. The van der Waals surface area contributed by atoms with Crippen molar-refractivity contribution in [3.05, 3.63) is 24.3 Å². The number of carbonyl (C=O) groups is 3. The number of rotatable bonds is 4. The Morgan fingerprint density at radius 1 is 1.19 bits per heavy atom. The zero-order valence-electron chi connectivity index (χ0n) is 14.8. The number of para-hydroxylation sites is 2. The largest absolute Gasteiger partial charge is 0.477 e. The molecule has 0 bridgehead atoms. The summed E-state index contributed by atoms with van der Waals surface area (Å²) >= 11 is 0. The maximum atomic E-state index is 12.3. The summed E-state index contributed by atoms with van der Waals surface area (Å²) in [4.78, 5) is 38.0. The minimum Gasteiger partial charge on any atom is -0.477 e. The molecule has 1 aliphatic heterocycles. The quantitative estimate of drug-likeness (QED) is 0.736. The molecule has 1 atom stereocenters. The van der Waals surface area contributed by atoms with E-state index in [1.54, 1.807) is 17.0 Å². The van der Waals surface area contributed by atoms with Gasteiger partial charge >= 0.3 is 6.03 Å². The van der Waals surface area contributed by atoms with E-state index in [4.69, 9.17) is 4.74 Å². The van der Waals surface area contributed by atoms with E-state index in [2.05, 4.69) is 16.0 Å². The topological polar surface area (TPSA) is 99.8 Å². The number of urea groups is 1. The number of nitrogens with one attached hydrogen (secondary N) is 3. The molecular weight excluding hydrogens is 336 g/mol. The zero-order valence-corrected chi connectivity index (χ0v) is 14.8. The Labute approximate surface area is 152 Å². The van der Waals surface area contributed by atoms with E-state index in [1.165, 1.54) is 7.05 Å². The van der Waals surface area contributed by atoms with E-state index in [0.29, 0.717) is 5.75 Å². The van der Waals surface area contributed by atoms with Crippen LogP contribution in [-0.4, -0.2) is 50.1 Å². The monoisotopic (exact) mass is 360 g/mol. The van der Waals surface area contributed by atoms with E-state index in [-0.39, 0.29) is 25.0 Å². The smallest absolute Gasteiger partial charge is 0.321 e. The number of nitrogens with zero attached hydrogens (tertiary/aromatic N) is 1. The molecule has 8 nitrogen and oxygen atoms in total. The van der Waals surface area contributed by atoms with Crippen LogP contribution >= 0.6 is 0 Å². The van der Waals surface area contributed by atoms with Gasteiger partial charge in [-0.1, -0.05) is 25.0 Å². The molecule has 26 heavy (non-hydrogen) atoms. The van der Waals surface area contributed by atoms with Crippen molar-refractivity contribution in [2.75, 3.05) is 25.0 Å². The molecule has 4 amide bonds. The maximum absolute atomic E-state index is 12.3. The minimum atomic E-state index is -0.713. The third-order valence-electron chi connectivity index (χ3n) is 4.68. The van der Waals surface area contributed by atoms with Gasteiger partial charge < -0.3 is 20.3 Å². The third-order valence-corrected chi connectivity index (χ3v) is 4.68. The summed E-state index contributed by atoms with van der Waals surface area (Å²) in [5.74, 6) is -0.146. The summed E-state index contributed by atoms with van der Waals surface area (Å²) in [6, 6.07) is 6.89. The van der Waals surface area contributed by atoms with Gasteiger partial charge in [-0.25, -0.2) is 4.79 Å². The highest BCUT2D eigenvalue weighted by molar-refractivity contribution is 5.97. The van der Waals surface area contributed by atoms with Gasteiger partial charge in [0, 0.05) is 13.1 Å². The Morgan fingerprint density at radius 3 is 2.65 bits per heavy atom. The van der Waals surface area contributed by atoms with Crippen LogP contribution in [0.5, 0.6) is 5.75 Å². The molecule has 1 aromatic rings. The predicted molar refractivity (Wildman–Crippen MR) is 96.1 cm³/mol. The van der Waals surface area contributed by atoms with Crippen LogP contribution in [0.2, 0.25) is 0 Å². The van der Waals surface area contributed by atoms with Gasteiger partial charge in [0.05, 0.1) is 18.8 Å². The predicted octanol–water partition coefficient (Wildman–Crippen LogP) is 0.768. The number of hydrogen-bond acceptors (Lipinski definition) is 5. The number of imide groups is 1. The first-order valence-corrected chi connectivity index (χ1v) is 8.89. The molecule has 0 radical (unpaired) electrons. The van der Waals surface area contributed by atoms with E-state index in [1.807, 2.05) is 12.1 Å². The van der Waals surface area contributed by atoms with Crippen molar-refractivity contribution >= 4 is 23.5 Å². The second-order valence-electron chi connectivity index (χ2n) is 6.57. The first-order valence-electron chi connectivity index (χ1n) is 8.89. The third kappa shape index (κ3) is 4.25. The van der Waals surface area contributed by atoms with E-state index >= 15 is 0 Å². The number of benzene rings is 1. The molecule has 1 heterocycles. The lowest BCUT2D eigenvalue weighted by atomic mass is 10.1. The van der Waals surface area contributed by atoms with Gasteiger partial charge in [-0.2, -0.15) is 0 Å². The summed E-state index contributed by atoms with van der Waals surface area (Å²) < 4.78 is 5.70. The standard InChI is InChI=1S/C18H24N4O4/c1-19-17(24)15-10-22(13-8-4-5-9-14(13)26-15)11-16(23)21-18(25)20-12-6-2-3-7-12/h4-5,8-9,12,15H,2-3,6-7,10-11H2,1H3,(H,19,24)(H2,20,21,23,25)/t15-/m0/s1. The lowest BCUT2D eigenvalue weighted by Crippen LogP contribution is -2.52. The van der Waals surface area contributed by atoms with Gasteiger partial charge in [-0.3, -0.25) is 14.9 Å². The van der Waals surface area contributed by atoms with Gasteiger partial charge in [0.1, 0.15) is 5.75 Å². The average Bonchev–Trinajstić information content (AvgIpc) is 3.13. The second kappa shape index (κ2) is 8.07. The Balaban J connectivity index is 1.62. The second-order valence-corrected chi connectivity index (χ2v) is 6.57. The Bertz CT molecular complexity index is 688. The molecule has 0 spiro atoms. The molecule has 1 aromatic carbocycles. The van der Waals surface area contributed by atoms with Crippen LogP contribution in [0.4, 0.5) is 10.5 Å². The first kappa shape index (κ1) is 18.0. The van der Waals surface area contributed by atoms with Crippen LogP contribution < -0.4 is 25.6 Å². The number of carbonyl (C=O) groups excluding carboxylic acids is 3. The minimum absolute atomic E-state index is 0.0358. The molecule has 3 rings (SSSR count). The number of anilines is 1. The normalized spacial score (nSPS) is 19.3. The van der Waals surface area contributed by atoms with Crippen molar-refractivity contribution in [1.29, 1.82) is 0 Å². The van der Waals surface area contributed by atoms with E-state index < -0.39 is 18.0 Å². The van der Waals surface area contributed by atoms with Crippen LogP contribution in [0.1, 0.15) is 25.7 Å². The van der Waals surface area contributed by atoms with Crippen LogP contribution in [0.15, 0.2) is 24.3 Å². The molecule has 2 aliphatic rings. The molecule has 1 fully saturated rings. The lowest BCUT2D eigenvalue weighted by molar-refractivity contribution is -0.127. The molecule has 140 valence electrons. The molecule has 0 unspecified atom stereocenters. The van der Waals surface area contributed by atoms with Crippen LogP contribution in [-0.2, 0) is 9.59 Å². The van der Waals surface area contributed by atoms with Crippen LogP contribution in [0, 0.1) is 0 Å². The maximum Gasteiger partial charge on any atom is 0.321 e. The van der Waals surface area contributed by atoms with Crippen molar-refractivity contribution in [2.24, 2.45) is 0 Å². The van der Waals surface area contributed by atoms with Crippen molar-refractivity contribution in [3.8, 4) is 5.75 Å². The molecular formula is C18H24N4O4. The summed E-state index contributed by atoms with van der Waals surface area (Å²) in [5, 5.41) is 7.75. The molecule has 8 heteroatoms. The first-order chi connectivity index (χ1) is 12.6. The van der Waals surface area contributed by atoms with Crippen molar-refractivity contribution in [2.45, 2.75) is 37.8 Å². The molecule has 3 N–H and O–H groups in total. The van der Waals surface area contributed by atoms with Gasteiger partial charge in [0.2, 0.25) is 5.91 Å². The fourth-order valence-corrected chi connectivity index (χ4v) is 3.39. The van der Waals surface area contributed by atoms with Gasteiger partial charge in [-0.05, 0) is 25.0 Å². The van der Waals surface area contributed by atoms with E-state index in [9.17, 15) is 14.4 Å². The number of amides is 4. The van der Waals surface area contributed by atoms with Crippen molar-refractivity contribution in [3.63, 3.8) is 0 Å². The summed E-state index contributed by atoms with van der Waals surface area (Å²) in [7, 11) is 1.54. The SMILES string of the molecule is CNC(=O)[C@@H]1CN(CC(=O)NC(=O)NC2CCCC2)c2ccccc2O1. The summed E-state index contributed by atoms with van der Waals surface area (Å²) in [5.41, 5.74) is 0.721. The highest BCUT2D eigenvalue weighted by atomic mass is 16.5. The van der Waals surface area contributed by atoms with Gasteiger partial charge in [0.25, 0.3) is 5.91 Å². The Morgan fingerprint density at radius 2 is 1.92 bits per heavy atom. The average molecular weight is 360 g/mol. The molecule has 0 aromatic heterocycles. The molecule has 1 aliphatic carbocycles. The fourth-order valence-electron chi connectivity index (χ4n) is 3.39. The highest BCUT2D eigenvalue weighted by Gasteiger charge is 2.31. The molecule has 1 saturated carbocycles.